The van der Waals surface area contributed by atoms with Gasteiger partial charge in [-0.05, 0) is 30.7 Å². The van der Waals surface area contributed by atoms with E-state index in [1.54, 1.807) is 36.5 Å². The van der Waals surface area contributed by atoms with Gasteiger partial charge in [0.1, 0.15) is 5.65 Å². The summed E-state index contributed by atoms with van der Waals surface area (Å²) in [6, 6.07) is 12.2. The molecule has 0 aliphatic carbocycles. The van der Waals surface area contributed by atoms with Crippen molar-refractivity contribution in [1.82, 2.24) is 14.0 Å². The number of aromatic nitrogens is 3. The molecular formula is C14H11N3O2. The third kappa shape index (κ3) is 1.85. The molecule has 2 aromatic heterocycles. The average molecular weight is 253 g/mol. The van der Waals surface area contributed by atoms with Crippen molar-refractivity contribution < 1.29 is 0 Å². The van der Waals surface area contributed by atoms with Gasteiger partial charge in [0, 0.05) is 6.20 Å². The third-order valence-electron chi connectivity index (χ3n) is 2.89. The van der Waals surface area contributed by atoms with Crippen LogP contribution in [0.2, 0.25) is 0 Å². The van der Waals surface area contributed by atoms with E-state index in [-0.39, 0.29) is 0 Å². The van der Waals surface area contributed by atoms with Gasteiger partial charge in [-0.3, -0.25) is 4.40 Å². The summed E-state index contributed by atoms with van der Waals surface area (Å²) in [5.41, 5.74) is 0.813. The predicted molar refractivity (Wildman–Crippen MR) is 71.8 cm³/mol. The first kappa shape index (κ1) is 11.4. The molecule has 0 aliphatic heterocycles. The molecule has 0 atom stereocenters. The monoisotopic (exact) mass is 253 g/mol. The molecule has 0 fully saturated rings. The average Bonchev–Trinajstić information content (AvgIpc) is 2.41. The highest BCUT2D eigenvalue weighted by Crippen LogP contribution is 2.02. The summed E-state index contributed by atoms with van der Waals surface area (Å²) < 4.78 is 2.44. The van der Waals surface area contributed by atoms with Crippen LogP contribution in [0, 0.1) is 6.92 Å². The first-order chi connectivity index (χ1) is 9.16. The van der Waals surface area contributed by atoms with Crippen molar-refractivity contribution in [3.63, 3.8) is 0 Å². The molecule has 2 heterocycles. The Balaban J connectivity index is 2.44. The van der Waals surface area contributed by atoms with E-state index in [1.807, 2.05) is 19.1 Å². The van der Waals surface area contributed by atoms with Crippen molar-refractivity contribution in [3.05, 3.63) is 75.2 Å². The topological polar surface area (TPSA) is 56.4 Å². The number of pyridine rings is 1. The Bertz CT molecular complexity index is 863. The molecule has 3 aromatic rings. The zero-order valence-corrected chi connectivity index (χ0v) is 10.3. The van der Waals surface area contributed by atoms with E-state index >= 15 is 0 Å². The number of nitrogens with zero attached hydrogens (tertiary/aromatic N) is 3. The molecule has 0 spiro atoms. The van der Waals surface area contributed by atoms with E-state index in [0.29, 0.717) is 11.3 Å². The first-order valence-corrected chi connectivity index (χ1v) is 5.84. The summed E-state index contributed by atoms with van der Waals surface area (Å²) in [5, 5.41) is 0. The molecule has 94 valence electrons. The highest BCUT2D eigenvalue weighted by molar-refractivity contribution is 5.39. The molecule has 0 radical (unpaired) electrons. The summed E-state index contributed by atoms with van der Waals surface area (Å²) in [4.78, 5) is 28.3. The largest absolute Gasteiger partial charge is 0.358 e. The fourth-order valence-electron chi connectivity index (χ4n) is 1.98. The van der Waals surface area contributed by atoms with Crippen molar-refractivity contribution in [3.8, 4) is 5.69 Å². The van der Waals surface area contributed by atoms with Gasteiger partial charge in [0.15, 0.2) is 0 Å². The van der Waals surface area contributed by atoms with Gasteiger partial charge in [-0.1, -0.05) is 24.3 Å². The molecule has 0 amide bonds. The van der Waals surface area contributed by atoms with Crippen molar-refractivity contribution >= 4 is 5.65 Å². The van der Waals surface area contributed by atoms with E-state index in [9.17, 15) is 9.59 Å². The second-order valence-electron chi connectivity index (χ2n) is 4.28. The van der Waals surface area contributed by atoms with Gasteiger partial charge >= 0.3 is 11.4 Å². The lowest BCUT2D eigenvalue weighted by Gasteiger charge is -2.06. The number of benzene rings is 1. The normalized spacial score (nSPS) is 10.8. The van der Waals surface area contributed by atoms with Gasteiger partial charge in [-0.2, -0.15) is 4.98 Å². The zero-order chi connectivity index (χ0) is 13.4. The van der Waals surface area contributed by atoms with Gasteiger partial charge in [-0.15, -0.1) is 0 Å². The van der Waals surface area contributed by atoms with E-state index < -0.39 is 11.4 Å². The van der Waals surface area contributed by atoms with Crippen molar-refractivity contribution in [2.45, 2.75) is 6.92 Å². The number of para-hydroxylation sites is 1. The van der Waals surface area contributed by atoms with Crippen LogP contribution >= 0.6 is 0 Å². The standard InChI is InChI=1S/C14H11N3O2/c1-10-7-8-12-15-13(18)17(14(19)16(12)9-10)11-5-3-2-4-6-11/h2-9H,1H3. The number of hydrogen-bond acceptors (Lipinski definition) is 3. The molecule has 19 heavy (non-hydrogen) atoms. The zero-order valence-electron chi connectivity index (χ0n) is 10.3. The highest BCUT2D eigenvalue weighted by atomic mass is 16.2. The smallest absolute Gasteiger partial charge is 0.252 e. The Morgan fingerprint density at radius 3 is 2.47 bits per heavy atom. The molecule has 0 saturated heterocycles. The summed E-state index contributed by atoms with van der Waals surface area (Å²) in [6.45, 7) is 1.88. The van der Waals surface area contributed by atoms with Crippen LogP contribution in [-0.4, -0.2) is 14.0 Å². The molecule has 0 N–H and O–H groups in total. The van der Waals surface area contributed by atoms with Crippen LogP contribution in [0.25, 0.3) is 11.3 Å². The summed E-state index contributed by atoms with van der Waals surface area (Å²) in [6.07, 6.45) is 1.67. The lowest BCUT2D eigenvalue weighted by atomic mass is 10.3. The fraction of sp³-hybridized carbons (Fsp3) is 0.0714. The van der Waals surface area contributed by atoms with Gasteiger partial charge in [0.05, 0.1) is 5.69 Å². The van der Waals surface area contributed by atoms with Crippen LogP contribution in [0.1, 0.15) is 5.56 Å². The van der Waals surface area contributed by atoms with Crippen LogP contribution in [0.4, 0.5) is 0 Å². The van der Waals surface area contributed by atoms with Crippen LogP contribution in [0.3, 0.4) is 0 Å². The third-order valence-corrected chi connectivity index (χ3v) is 2.89. The minimum Gasteiger partial charge on any atom is -0.252 e. The van der Waals surface area contributed by atoms with E-state index in [4.69, 9.17) is 0 Å². The summed E-state index contributed by atoms with van der Waals surface area (Å²) in [5.74, 6) is 0. The van der Waals surface area contributed by atoms with Crippen LogP contribution in [0.5, 0.6) is 0 Å². The lowest BCUT2D eigenvalue weighted by molar-refractivity contribution is 0.792. The van der Waals surface area contributed by atoms with Gasteiger partial charge in [0.2, 0.25) is 0 Å². The lowest BCUT2D eigenvalue weighted by Crippen LogP contribution is -2.38. The molecule has 0 unspecified atom stereocenters. The maximum Gasteiger partial charge on any atom is 0.358 e. The molecule has 3 rings (SSSR count). The molecule has 1 aromatic carbocycles. The molecule has 5 nitrogen and oxygen atoms in total. The predicted octanol–water partition coefficient (Wildman–Crippen LogP) is 1.15. The van der Waals surface area contributed by atoms with E-state index in [0.717, 1.165) is 10.1 Å². The van der Waals surface area contributed by atoms with Crippen LogP contribution < -0.4 is 11.4 Å². The fourth-order valence-corrected chi connectivity index (χ4v) is 1.98. The van der Waals surface area contributed by atoms with Gasteiger partial charge in [0.25, 0.3) is 0 Å². The Morgan fingerprint density at radius 1 is 1.00 bits per heavy atom. The SMILES string of the molecule is Cc1ccc2nc(=O)n(-c3ccccc3)c(=O)n2c1. The van der Waals surface area contributed by atoms with E-state index in [1.165, 1.54) is 4.40 Å². The minimum absolute atomic E-state index is 0.354. The highest BCUT2D eigenvalue weighted by Gasteiger charge is 2.08. The molecule has 0 aliphatic rings. The minimum atomic E-state index is -0.569. The molecule has 0 saturated carbocycles. The summed E-state index contributed by atoms with van der Waals surface area (Å²) >= 11 is 0. The second-order valence-corrected chi connectivity index (χ2v) is 4.28. The molecule has 5 heteroatoms. The Labute approximate surface area is 108 Å². The maximum atomic E-state index is 12.4. The maximum absolute atomic E-state index is 12.4. The van der Waals surface area contributed by atoms with Crippen LogP contribution in [0.15, 0.2) is 58.3 Å². The van der Waals surface area contributed by atoms with Crippen molar-refractivity contribution in [1.29, 1.82) is 0 Å². The number of hydrogen-bond donors (Lipinski definition) is 0. The Kier molecular flexibility index (Phi) is 2.52. The quantitative estimate of drug-likeness (QED) is 0.653. The van der Waals surface area contributed by atoms with Gasteiger partial charge < -0.3 is 0 Å². The number of rotatable bonds is 1. The second kappa shape index (κ2) is 4.20. The van der Waals surface area contributed by atoms with E-state index in [2.05, 4.69) is 4.98 Å². The summed E-state index contributed by atoms with van der Waals surface area (Å²) in [7, 11) is 0. The van der Waals surface area contributed by atoms with Crippen molar-refractivity contribution in [2.24, 2.45) is 0 Å². The molecule has 0 bridgehead atoms. The first-order valence-electron chi connectivity index (χ1n) is 5.84. The Morgan fingerprint density at radius 2 is 1.74 bits per heavy atom. The van der Waals surface area contributed by atoms with Gasteiger partial charge in [-0.25, -0.2) is 14.2 Å². The van der Waals surface area contributed by atoms with Crippen LogP contribution in [-0.2, 0) is 0 Å². The Hall–Kier alpha value is -2.69. The number of aryl methyl sites for hydroxylation is 1. The molecular weight excluding hydrogens is 242 g/mol. The number of fused-ring (bicyclic) bond motifs is 1. The van der Waals surface area contributed by atoms with Crippen molar-refractivity contribution in [2.75, 3.05) is 0 Å².